The van der Waals surface area contributed by atoms with Crippen LogP contribution in [-0.2, 0) is 19.1 Å². The van der Waals surface area contributed by atoms with Crippen molar-refractivity contribution in [3.63, 3.8) is 0 Å². The minimum absolute atomic E-state index is 0.0208. The predicted octanol–water partition coefficient (Wildman–Crippen LogP) is 3.66. The summed E-state index contributed by atoms with van der Waals surface area (Å²) in [5, 5.41) is 0. The Balaban J connectivity index is 1.94. The number of allylic oxidation sites excluding steroid dienone is 1. The lowest BCUT2D eigenvalue weighted by molar-refractivity contribution is -0.136. The summed E-state index contributed by atoms with van der Waals surface area (Å²) in [6, 6.07) is 8.05. The summed E-state index contributed by atoms with van der Waals surface area (Å²) in [6.07, 6.45) is 3.73. The van der Waals surface area contributed by atoms with E-state index in [4.69, 9.17) is 9.47 Å². The van der Waals surface area contributed by atoms with Gasteiger partial charge >= 0.3 is 5.97 Å². The van der Waals surface area contributed by atoms with Gasteiger partial charge < -0.3 is 14.4 Å². The molecule has 5 nitrogen and oxygen atoms in total. The maximum atomic E-state index is 13.1. The van der Waals surface area contributed by atoms with Gasteiger partial charge in [-0.05, 0) is 42.9 Å². The van der Waals surface area contributed by atoms with Gasteiger partial charge in [0.15, 0.2) is 0 Å². The topological polar surface area (TPSA) is 55.8 Å². The zero-order valence-electron chi connectivity index (χ0n) is 16.5. The molecule has 0 spiro atoms. The van der Waals surface area contributed by atoms with Crippen molar-refractivity contribution < 1.29 is 19.1 Å². The standard InChI is InChI=1S/C22H27NO4/c1-14(2)17-9-7-16(8-10-17)12-19-20(22(25)26-4)15(3)23(21(19)24)13-18-6-5-11-27-18/h7-10,12,14,18H,5-6,11,13H2,1-4H3. The van der Waals surface area contributed by atoms with Crippen molar-refractivity contribution >= 4 is 18.0 Å². The molecule has 2 heterocycles. The minimum atomic E-state index is -0.485. The zero-order valence-corrected chi connectivity index (χ0v) is 16.5. The highest BCUT2D eigenvalue weighted by Crippen LogP contribution is 2.33. The average molecular weight is 369 g/mol. The van der Waals surface area contributed by atoms with Crippen molar-refractivity contribution in [1.29, 1.82) is 0 Å². The lowest BCUT2D eigenvalue weighted by Gasteiger charge is -2.21. The van der Waals surface area contributed by atoms with E-state index in [0.29, 0.717) is 29.3 Å². The first-order valence-electron chi connectivity index (χ1n) is 9.47. The van der Waals surface area contributed by atoms with Gasteiger partial charge in [0.2, 0.25) is 0 Å². The van der Waals surface area contributed by atoms with Crippen LogP contribution in [0.4, 0.5) is 0 Å². The van der Waals surface area contributed by atoms with Crippen molar-refractivity contribution in [3.8, 4) is 0 Å². The maximum absolute atomic E-state index is 13.1. The third-order valence-electron chi connectivity index (χ3n) is 5.23. The second-order valence-corrected chi connectivity index (χ2v) is 7.38. The SMILES string of the molecule is COC(=O)C1=C(C)N(CC2CCCO2)C(=O)C1=Cc1ccc(C(C)C)cc1. The van der Waals surface area contributed by atoms with Crippen molar-refractivity contribution in [1.82, 2.24) is 4.90 Å². The third kappa shape index (κ3) is 3.98. The maximum Gasteiger partial charge on any atom is 0.340 e. The Kier molecular flexibility index (Phi) is 5.80. The summed E-state index contributed by atoms with van der Waals surface area (Å²) in [4.78, 5) is 27.1. The van der Waals surface area contributed by atoms with Crippen LogP contribution in [0.15, 0.2) is 41.1 Å². The first kappa shape index (κ1) is 19.4. The van der Waals surface area contributed by atoms with Crippen molar-refractivity contribution in [3.05, 3.63) is 52.2 Å². The molecule has 1 amide bonds. The zero-order chi connectivity index (χ0) is 19.6. The number of nitrogens with zero attached hydrogens (tertiary/aromatic N) is 1. The summed E-state index contributed by atoms with van der Waals surface area (Å²) in [6.45, 7) is 7.26. The summed E-state index contributed by atoms with van der Waals surface area (Å²) in [5.41, 5.74) is 3.47. The molecule has 0 N–H and O–H groups in total. The van der Waals surface area contributed by atoms with Gasteiger partial charge in [0.25, 0.3) is 5.91 Å². The van der Waals surface area contributed by atoms with Gasteiger partial charge in [0.05, 0.1) is 30.9 Å². The normalized spacial score (nSPS) is 21.7. The molecule has 144 valence electrons. The van der Waals surface area contributed by atoms with Crippen LogP contribution in [-0.4, -0.2) is 43.1 Å². The summed E-state index contributed by atoms with van der Waals surface area (Å²) in [5.74, 6) is -0.216. The number of carbonyl (C=O) groups is 2. The first-order chi connectivity index (χ1) is 12.9. The Morgan fingerprint density at radius 1 is 1.33 bits per heavy atom. The summed E-state index contributed by atoms with van der Waals surface area (Å²) >= 11 is 0. The van der Waals surface area contributed by atoms with Crippen LogP contribution in [0, 0.1) is 0 Å². The molecule has 0 saturated carbocycles. The van der Waals surface area contributed by atoms with Crippen molar-refractivity contribution in [2.45, 2.75) is 45.6 Å². The Hall–Kier alpha value is -2.40. The second-order valence-electron chi connectivity index (χ2n) is 7.38. The fourth-order valence-electron chi connectivity index (χ4n) is 3.58. The molecule has 5 heteroatoms. The largest absolute Gasteiger partial charge is 0.465 e. The molecule has 0 aromatic heterocycles. The van der Waals surface area contributed by atoms with Gasteiger partial charge in [0.1, 0.15) is 0 Å². The van der Waals surface area contributed by atoms with Crippen LogP contribution in [0.3, 0.4) is 0 Å². The van der Waals surface area contributed by atoms with Crippen LogP contribution >= 0.6 is 0 Å². The molecule has 1 fully saturated rings. The second kappa shape index (κ2) is 8.09. The molecule has 0 radical (unpaired) electrons. The first-order valence-corrected chi connectivity index (χ1v) is 9.47. The molecular weight excluding hydrogens is 342 g/mol. The molecule has 1 aromatic rings. The lowest BCUT2D eigenvalue weighted by Crippen LogP contribution is -2.33. The van der Waals surface area contributed by atoms with E-state index in [2.05, 4.69) is 26.0 Å². The van der Waals surface area contributed by atoms with E-state index in [9.17, 15) is 9.59 Å². The molecule has 2 aliphatic rings. The molecule has 1 atom stereocenters. The van der Waals surface area contributed by atoms with Gasteiger partial charge in [-0.25, -0.2) is 4.79 Å². The molecular formula is C22H27NO4. The van der Waals surface area contributed by atoms with Crippen LogP contribution in [0.1, 0.15) is 50.7 Å². The molecule has 1 aromatic carbocycles. The number of esters is 1. The Morgan fingerprint density at radius 2 is 2.04 bits per heavy atom. The lowest BCUT2D eigenvalue weighted by atomic mass is 9.99. The van der Waals surface area contributed by atoms with E-state index < -0.39 is 5.97 Å². The van der Waals surface area contributed by atoms with Gasteiger partial charge in [0, 0.05) is 12.3 Å². The van der Waals surface area contributed by atoms with Crippen LogP contribution in [0.5, 0.6) is 0 Å². The van der Waals surface area contributed by atoms with Crippen LogP contribution in [0.2, 0.25) is 0 Å². The molecule has 0 aliphatic carbocycles. The van der Waals surface area contributed by atoms with Gasteiger partial charge in [-0.3, -0.25) is 4.79 Å². The minimum Gasteiger partial charge on any atom is -0.465 e. The number of carbonyl (C=O) groups excluding carboxylic acids is 2. The number of amides is 1. The summed E-state index contributed by atoms with van der Waals surface area (Å²) in [7, 11) is 1.34. The van der Waals surface area contributed by atoms with Gasteiger partial charge in [-0.1, -0.05) is 38.1 Å². The van der Waals surface area contributed by atoms with Gasteiger partial charge in [-0.2, -0.15) is 0 Å². The number of hydrogen-bond acceptors (Lipinski definition) is 4. The number of rotatable bonds is 5. The molecule has 1 saturated heterocycles. The monoisotopic (exact) mass is 369 g/mol. The van der Waals surface area contributed by atoms with E-state index in [-0.39, 0.29) is 12.0 Å². The smallest absolute Gasteiger partial charge is 0.340 e. The fourth-order valence-corrected chi connectivity index (χ4v) is 3.58. The quantitative estimate of drug-likeness (QED) is 0.587. The molecule has 1 unspecified atom stereocenters. The number of ether oxygens (including phenoxy) is 2. The van der Waals surface area contributed by atoms with E-state index in [1.165, 1.54) is 12.7 Å². The fraction of sp³-hybridized carbons (Fsp3) is 0.455. The Morgan fingerprint density at radius 3 is 2.59 bits per heavy atom. The summed E-state index contributed by atoms with van der Waals surface area (Å²) < 4.78 is 10.6. The van der Waals surface area contributed by atoms with E-state index in [1.807, 2.05) is 12.1 Å². The Bertz CT molecular complexity index is 783. The van der Waals surface area contributed by atoms with E-state index >= 15 is 0 Å². The van der Waals surface area contributed by atoms with Gasteiger partial charge in [-0.15, -0.1) is 0 Å². The van der Waals surface area contributed by atoms with Crippen molar-refractivity contribution in [2.24, 2.45) is 0 Å². The Labute approximate surface area is 160 Å². The average Bonchev–Trinajstić information content (AvgIpc) is 3.25. The van der Waals surface area contributed by atoms with E-state index in [1.54, 1.807) is 17.9 Å². The van der Waals surface area contributed by atoms with Crippen molar-refractivity contribution in [2.75, 3.05) is 20.3 Å². The molecule has 27 heavy (non-hydrogen) atoms. The van der Waals surface area contributed by atoms with Crippen LogP contribution in [0.25, 0.3) is 6.08 Å². The van der Waals surface area contributed by atoms with E-state index in [0.717, 1.165) is 25.0 Å². The number of hydrogen-bond donors (Lipinski definition) is 0. The van der Waals surface area contributed by atoms with Crippen LogP contribution < -0.4 is 0 Å². The molecule has 0 bridgehead atoms. The highest BCUT2D eigenvalue weighted by molar-refractivity contribution is 6.16. The number of methoxy groups -OCH3 is 1. The third-order valence-corrected chi connectivity index (χ3v) is 5.23. The predicted molar refractivity (Wildman–Crippen MR) is 104 cm³/mol. The number of benzene rings is 1. The highest BCUT2D eigenvalue weighted by Gasteiger charge is 2.38. The highest BCUT2D eigenvalue weighted by atomic mass is 16.5. The molecule has 2 aliphatic heterocycles. The molecule has 3 rings (SSSR count).